The van der Waals surface area contributed by atoms with Crippen molar-refractivity contribution in [2.24, 2.45) is 11.8 Å². The van der Waals surface area contributed by atoms with E-state index in [-0.39, 0.29) is 11.9 Å². The summed E-state index contributed by atoms with van der Waals surface area (Å²) in [6.07, 6.45) is -1.46. The number of rotatable bonds is 10. The summed E-state index contributed by atoms with van der Waals surface area (Å²) in [6, 6.07) is 16.9. The van der Waals surface area contributed by atoms with Gasteiger partial charge in [0, 0.05) is 24.9 Å². The largest absolute Gasteiger partial charge is 0.523 e. The first-order valence-electron chi connectivity index (χ1n) is 14.7. The zero-order valence-electron chi connectivity index (χ0n) is 25.8. The lowest BCUT2D eigenvalue weighted by Crippen LogP contribution is -2.42. The summed E-state index contributed by atoms with van der Waals surface area (Å²) in [5.41, 5.74) is -5.76. The third kappa shape index (κ3) is 6.82. The second-order valence-corrected chi connectivity index (χ2v) is 12.6. The number of benzene rings is 2. The van der Waals surface area contributed by atoms with Gasteiger partial charge in [0.2, 0.25) is 11.9 Å². The molecule has 0 bridgehead atoms. The number of aliphatic hydroxyl groups excluding tert-OH is 1. The Morgan fingerprint density at radius 1 is 1.10 bits per heavy atom. The number of ether oxygens (including phenoxy) is 2. The number of hydrogen-bond acceptors (Lipinski definition) is 11. The number of carbonyl (C=O) groups excluding carboxylic acids is 2. The molecule has 2 aromatic heterocycles. The van der Waals surface area contributed by atoms with Gasteiger partial charge in [0.1, 0.15) is 6.33 Å². The summed E-state index contributed by atoms with van der Waals surface area (Å²) in [4.78, 5) is 40.2. The molecule has 0 aliphatic carbocycles. The van der Waals surface area contributed by atoms with Crippen LogP contribution in [0.15, 0.2) is 67.0 Å². The third-order valence-corrected chi connectivity index (χ3v) is 8.47. The fourth-order valence-corrected chi connectivity index (χ4v) is 5.68. The molecule has 1 aliphatic heterocycles. The molecule has 3 heterocycles. The third-order valence-electron chi connectivity index (χ3n) is 7.43. The Kier molecular flexibility index (Phi) is 9.72. The number of amides is 2. The van der Waals surface area contributed by atoms with Crippen LogP contribution in [0.25, 0.3) is 11.2 Å². The van der Waals surface area contributed by atoms with E-state index in [0.717, 1.165) is 10.9 Å². The van der Waals surface area contributed by atoms with Gasteiger partial charge >= 0.3 is 21.7 Å². The first-order valence-corrected chi connectivity index (χ1v) is 16.1. The smallest absolute Gasteiger partial charge is 0.396 e. The number of nitrogens with zero attached hydrogens (tertiary/aromatic N) is 5. The summed E-state index contributed by atoms with van der Waals surface area (Å²) in [7, 11) is -6.30. The molecule has 1 fully saturated rings. The molecular weight excluding hydrogens is 661 g/mol. The van der Waals surface area contributed by atoms with Crippen molar-refractivity contribution in [1.82, 2.24) is 19.5 Å². The van der Waals surface area contributed by atoms with Crippen LogP contribution in [-0.4, -0.2) is 63.3 Å². The zero-order chi connectivity index (χ0) is 34.9. The number of anilines is 3. The molecule has 18 heteroatoms. The average molecular weight is 693 g/mol. The fraction of sp³-hybridized carbons (Fsp3) is 0.367. The van der Waals surface area contributed by atoms with Crippen LogP contribution in [0.3, 0.4) is 0 Å². The van der Waals surface area contributed by atoms with E-state index < -0.39 is 82.0 Å². The number of fused-ring (bicyclic) bond motifs is 1. The minimum atomic E-state index is -6.30. The van der Waals surface area contributed by atoms with E-state index in [1.54, 1.807) is 81.4 Å². The molecule has 1 aliphatic rings. The average Bonchev–Trinajstić information content (AvgIpc) is 3.63. The van der Waals surface area contributed by atoms with E-state index in [2.05, 4.69) is 20.3 Å². The lowest BCUT2D eigenvalue weighted by Gasteiger charge is -2.30. The predicted octanol–water partition coefficient (Wildman–Crippen LogP) is 5.04. The number of carbonyl (C=O) groups is 2. The van der Waals surface area contributed by atoms with Crippen molar-refractivity contribution in [3.05, 3.63) is 67.0 Å². The van der Waals surface area contributed by atoms with E-state index in [1.165, 1.54) is 4.90 Å². The van der Waals surface area contributed by atoms with Gasteiger partial charge in [-0.3, -0.25) is 14.7 Å². The number of aromatic nitrogens is 4. The number of imidazole rings is 1. The van der Waals surface area contributed by atoms with Crippen LogP contribution < -0.4 is 15.0 Å². The van der Waals surface area contributed by atoms with Crippen molar-refractivity contribution in [3.63, 3.8) is 0 Å². The van der Waals surface area contributed by atoms with Crippen LogP contribution >= 0.6 is 0 Å². The lowest BCUT2D eigenvalue weighted by molar-refractivity contribution is -0.234. The van der Waals surface area contributed by atoms with Crippen LogP contribution in [0.4, 0.5) is 35.3 Å². The molecular formula is C30H31F3N6O8S. The second kappa shape index (κ2) is 13.5. The molecule has 2 aromatic carbocycles. The Morgan fingerprint density at radius 3 is 2.21 bits per heavy atom. The Labute approximate surface area is 272 Å². The molecule has 48 heavy (non-hydrogen) atoms. The summed E-state index contributed by atoms with van der Waals surface area (Å²) in [5.74, 6) is -5.73. The van der Waals surface area contributed by atoms with E-state index in [4.69, 9.17) is 13.7 Å². The van der Waals surface area contributed by atoms with Crippen molar-refractivity contribution in [2.45, 2.75) is 51.1 Å². The monoisotopic (exact) mass is 692 g/mol. The molecule has 256 valence electrons. The van der Waals surface area contributed by atoms with Crippen molar-refractivity contribution in [1.29, 1.82) is 0 Å². The molecule has 0 radical (unpaired) electrons. The maximum atomic E-state index is 13.8. The van der Waals surface area contributed by atoms with Gasteiger partial charge in [-0.2, -0.15) is 31.6 Å². The van der Waals surface area contributed by atoms with E-state index in [1.807, 2.05) is 0 Å². The quantitative estimate of drug-likeness (QED) is 0.168. The topological polar surface area (TPSA) is 175 Å². The van der Waals surface area contributed by atoms with E-state index in [0.29, 0.717) is 11.4 Å². The highest BCUT2D eigenvalue weighted by atomic mass is 32.2. The van der Waals surface area contributed by atoms with Crippen LogP contribution in [0, 0.1) is 11.8 Å². The van der Waals surface area contributed by atoms with Gasteiger partial charge in [0.15, 0.2) is 11.2 Å². The summed E-state index contributed by atoms with van der Waals surface area (Å²) in [5, 5.41) is 12.4. The number of aliphatic hydroxyl groups is 1. The van der Waals surface area contributed by atoms with Gasteiger partial charge in [0.05, 0.1) is 17.5 Å². The standard InChI is InChI=1S/C30H31F3N6O8S/c1-4-22-19(16-40)15-29(46-22,47-48(43,44)30(31,32)33)38-17-34-23-24(38)35-27(36-25(41)18(2)3)37-26(23)45-28(42)39(20-11-7-5-8-12-20)21-13-9-6-10-14-21/h5-14,17-19,22,40H,4,15-16H2,1-3H3,(H,35,36,37,41)/t19-,22-,29+/m1/s1. The number of nitrogens with one attached hydrogen (secondary N) is 1. The van der Waals surface area contributed by atoms with E-state index >= 15 is 0 Å². The Bertz CT molecular complexity index is 1840. The van der Waals surface area contributed by atoms with Crippen LogP contribution in [0.2, 0.25) is 0 Å². The number of halogens is 3. The molecule has 0 spiro atoms. The first-order chi connectivity index (χ1) is 22.7. The minimum Gasteiger partial charge on any atom is -0.396 e. The van der Waals surface area contributed by atoms with E-state index in [9.17, 15) is 36.3 Å². The zero-order valence-corrected chi connectivity index (χ0v) is 26.6. The summed E-state index contributed by atoms with van der Waals surface area (Å²) < 4.78 is 82.8. The minimum absolute atomic E-state index is 0.164. The molecule has 3 atom stereocenters. The molecule has 0 unspecified atom stereocenters. The number of alkyl halides is 3. The van der Waals surface area contributed by atoms with Gasteiger partial charge in [-0.05, 0) is 30.7 Å². The van der Waals surface area contributed by atoms with Crippen molar-refractivity contribution in [3.8, 4) is 5.88 Å². The highest BCUT2D eigenvalue weighted by Crippen LogP contribution is 2.46. The van der Waals surface area contributed by atoms with Gasteiger partial charge in [0.25, 0.3) is 11.8 Å². The number of hydrogen-bond donors (Lipinski definition) is 2. The summed E-state index contributed by atoms with van der Waals surface area (Å²) in [6.45, 7) is 4.20. The lowest BCUT2D eigenvalue weighted by atomic mass is 9.99. The second-order valence-electron chi connectivity index (χ2n) is 11.1. The Hall–Kier alpha value is -4.65. The van der Waals surface area contributed by atoms with Gasteiger partial charge < -0.3 is 14.6 Å². The van der Waals surface area contributed by atoms with Crippen LogP contribution in [0.5, 0.6) is 5.88 Å². The van der Waals surface area contributed by atoms with Crippen molar-refractivity contribution in [2.75, 3.05) is 16.8 Å². The Morgan fingerprint density at radius 2 is 1.71 bits per heavy atom. The highest BCUT2D eigenvalue weighted by Gasteiger charge is 2.58. The fourth-order valence-electron chi connectivity index (χ4n) is 5.06. The molecule has 0 saturated carbocycles. The van der Waals surface area contributed by atoms with Crippen molar-refractivity contribution < 1.29 is 49.9 Å². The molecule has 5 rings (SSSR count). The van der Waals surface area contributed by atoms with Gasteiger partial charge in [-0.1, -0.05) is 57.2 Å². The molecule has 14 nitrogen and oxygen atoms in total. The highest BCUT2D eigenvalue weighted by molar-refractivity contribution is 7.87. The normalized spacial score (nSPS) is 19.8. The number of para-hydroxylation sites is 2. The van der Waals surface area contributed by atoms with Crippen LogP contribution in [0.1, 0.15) is 33.6 Å². The molecule has 2 amide bonds. The Balaban J connectivity index is 1.68. The predicted molar refractivity (Wildman–Crippen MR) is 164 cm³/mol. The SMILES string of the molecule is CC[C@H]1O[C@@](OS(=O)(=O)C(F)(F)F)(n2cnc3c(OC(=O)N(c4ccccc4)c4ccccc4)nc(NC(=O)C(C)C)nc32)C[C@@H]1CO. The summed E-state index contributed by atoms with van der Waals surface area (Å²) >= 11 is 0. The van der Waals surface area contributed by atoms with Crippen LogP contribution in [-0.2, 0) is 29.7 Å². The molecule has 1 saturated heterocycles. The molecule has 2 N–H and O–H groups in total. The maximum absolute atomic E-state index is 13.8. The van der Waals surface area contributed by atoms with Gasteiger partial charge in [-0.25, -0.2) is 18.9 Å². The first kappa shape index (κ1) is 34.7. The maximum Gasteiger partial charge on any atom is 0.523 e. The van der Waals surface area contributed by atoms with Crippen molar-refractivity contribution >= 4 is 50.6 Å². The van der Waals surface area contributed by atoms with Gasteiger partial charge in [-0.15, -0.1) is 0 Å². The molecule has 4 aromatic rings.